The molecule has 0 saturated heterocycles. The molecule has 0 aliphatic rings. The van der Waals surface area contributed by atoms with Crippen LogP contribution in [0.5, 0.6) is 0 Å². The Labute approximate surface area is 112 Å². The number of rotatable bonds is 4. The van der Waals surface area contributed by atoms with Gasteiger partial charge in [-0.2, -0.15) is 0 Å². The first-order chi connectivity index (χ1) is 8.29. The molecule has 0 spiro atoms. The fourth-order valence-electron chi connectivity index (χ4n) is 1.83. The summed E-state index contributed by atoms with van der Waals surface area (Å²) in [5, 5.41) is 3.11. The third-order valence-corrected chi connectivity index (χ3v) is 7.93. The van der Waals surface area contributed by atoms with E-state index in [9.17, 15) is 4.79 Å². The Bertz CT molecular complexity index is 420. The highest BCUT2D eigenvalue weighted by atomic mass is 31.2. The van der Waals surface area contributed by atoms with Gasteiger partial charge in [-0.15, -0.1) is 0 Å². The standard InChI is InChI=1S/C15H24NOP/c1-7-18(5,6)13(4)15(17)16-14-11(2)9-8-10-12(14)3/h8-10,13H,7H2,1-6H3/p+1. The largest absolute Gasteiger partial charge is 0.322 e. The summed E-state index contributed by atoms with van der Waals surface area (Å²) in [7, 11) is -1.15. The Kier molecular flexibility index (Phi) is 4.92. The second kappa shape index (κ2) is 5.84. The summed E-state index contributed by atoms with van der Waals surface area (Å²) in [5.74, 6) is 0.160. The van der Waals surface area contributed by atoms with E-state index in [2.05, 4.69) is 32.5 Å². The van der Waals surface area contributed by atoms with Crippen molar-refractivity contribution >= 4 is 18.9 Å². The number of benzene rings is 1. The highest BCUT2D eigenvalue weighted by Gasteiger charge is 2.36. The van der Waals surface area contributed by atoms with Crippen LogP contribution in [0.4, 0.5) is 5.69 Å². The van der Waals surface area contributed by atoms with Crippen LogP contribution in [0.25, 0.3) is 0 Å². The van der Waals surface area contributed by atoms with E-state index in [1.807, 2.05) is 32.0 Å². The summed E-state index contributed by atoms with van der Waals surface area (Å²) >= 11 is 0. The molecule has 0 saturated carbocycles. The predicted octanol–water partition coefficient (Wildman–Crippen LogP) is 3.93. The highest BCUT2D eigenvalue weighted by Crippen LogP contribution is 2.55. The van der Waals surface area contributed by atoms with E-state index < -0.39 is 7.26 Å². The van der Waals surface area contributed by atoms with Crippen molar-refractivity contribution in [1.82, 2.24) is 0 Å². The first-order valence-corrected chi connectivity index (χ1v) is 9.43. The molecular formula is C15H25NOP+. The number of para-hydroxylation sites is 1. The van der Waals surface area contributed by atoms with E-state index in [-0.39, 0.29) is 11.6 Å². The average Bonchev–Trinajstić information content (AvgIpc) is 2.32. The fourth-order valence-corrected chi connectivity index (χ4v) is 3.08. The van der Waals surface area contributed by atoms with Gasteiger partial charge in [0, 0.05) is 26.3 Å². The lowest BCUT2D eigenvalue weighted by Gasteiger charge is -2.23. The molecule has 18 heavy (non-hydrogen) atoms. The molecular weight excluding hydrogens is 241 g/mol. The number of amides is 1. The molecule has 1 amide bonds. The van der Waals surface area contributed by atoms with Crippen molar-refractivity contribution in [3.05, 3.63) is 29.3 Å². The number of aryl methyl sites for hydroxylation is 2. The zero-order chi connectivity index (χ0) is 13.9. The number of nitrogens with one attached hydrogen (secondary N) is 1. The molecule has 1 aromatic carbocycles. The second-order valence-corrected chi connectivity index (χ2v) is 10.5. The maximum Gasteiger partial charge on any atom is 0.264 e. The van der Waals surface area contributed by atoms with Gasteiger partial charge in [-0.25, -0.2) is 0 Å². The lowest BCUT2D eigenvalue weighted by atomic mass is 10.1. The molecule has 100 valence electrons. The van der Waals surface area contributed by atoms with E-state index in [0.717, 1.165) is 23.0 Å². The van der Waals surface area contributed by atoms with Gasteiger partial charge in [-0.3, -0.25) is 4.79 Å². The van der Waals surface area contributed by atoms with Crippen LogP contribution in [0.15, 0.2) is 18.2 Å². The predicted molar refractivity (Wildman–Crippen MR) is 83.3 cm³/mol. The van der Waals surface area contributed by atoms with Crippen LogP contribution < -0.4 is 5.32 Å². The summed E-state index contributed by atoms with van der Waals surface area (Å²) in [4.78, 5) is 12.3. The maximum absolute atomic E-state index is 12.3. The molecule has 0 aliphatic heterocycles. The van der Waals surface area contributed by atoms with Gasteiger partial charge < -0.3 is 5.32 Å². The number of anilines is 1. The fraction of sp³-hybridized carbons (Fsp3) is 0.533. The zero-order valence-electron chi connectivity index (χ0n) is 12.4. The lowest BCUT2D eigenvalue weighted by molar-refractivity contribution is -0.115. The second-order valence-electron chi connectivity index (χ2n) is 5.53. The van der Waals surface area contributed by atoms with Crippen LogP contribution >= 0.6 is 7.26 Å². The molecule has 3 heteroatoms. The number of carbonyl (C=O) groups excluding carboxylic acids is 1. The maximum atomic E-state index is 12.3. The monoisotopic (exact) mass is 266 g/mol. The van der Waals surface area contributed by atoms with Crippen molar-refractivity contribution in [2.24, 2.45) is 0 Å². The molecule has 0 aliphatic carbocycles. The molecule has 0 radical (unpaired) electrons. The van der Waals surface area contributed by atoms with Crippen molar-refractivity contribution in [3.63, 3.8) is 0 Å². The smallest absolute Gasteiger partial charge is 0.264 e. The van der Waals surface area contributed by atoms with E-state index >= 15 is 0 Å². The number of hydrogen-bond donors (Lipinski definition) is 1. The van der Waals surface area contributed by atoms with E-state index in [1.165, 1.54) is 0 Å². The van der Waals surface area contributed by atoms with Gasteiger partial charge in [0.1, 0.15) is 5.66 Å². The van der Waals surface area contributed by atoms with E-state index in [0.29, 0.717) is 0 Å². The molecule has 2 nitrogen and oxygen atoms in total. The summed E-state index contributed by atoms with van der Waals surface area (Å²) in [6.45, 7) is 12.8. The Morgan fingerprint density at radius 1 is 1.28 bits per heavy atom. The van der Waals surface area contributed by atoms with Gasteiger partial charge in [0.15, 0.2) is 0 Å². The van der Waals surface area contributed by atoms with Crippen LogP contribution in [-0.4, -0.2) is 31.1 Å². The van der Waals surface area contributed by atoms with Crippen molar-refractivity contribution in [2.45, 2.75) is 33.4 Å². The van der Waals surface area contributed by atoms with E-state index in [1.54, 1.807) is 0 Å². The Morgan fingerprint density at radius 3 is 2.22 bits per heavy atom. The van der Waals surface area contributed by atoms with Gasteiger partial charge in [0.25, 0.3) is 5.91 Å². The topological polar surface area (TPSA) is 29.1 Å². The average molecular weight is 266 g/mol. The third-order valence-electron chi connectivity index (χ3n) is 3.97. The zero-order valence-corrected chi connectivity index (χ0v) is 13.3. The van der Waals surface area contributed by atoms with Gasteiger partial charge >= 0.3 is 0 Å². The van der Waals surface area contributed by atoms with Crippen molar-refractivity contribution in [2.75, 3.05) is 24.8 Å². The first-order valence-electron chi connectivity index (χ1n) is 6.49. The van der Waals surface area contributed by atoms with Gasteiger partial charge in [0.05, 0.1) is 6.16 Å². The summed E-state index contributed by atoms with van der Waals surface area (Å²) in [5.41, 5.74) is 3.35. The molecule has 1 aromatic rings. The Morgan fingerprint density at radius 2 is 1.78 bits per heavy atom. The van der Waals surface area contributed by atoms with Crippen LogP contribution in [0.3, 0.4) is 0 Å². The summed E-state index contributed by atoms with van der Waals surface area (Å²) in [6, 6.07) is 6.09. The van der Waals surface area contributed by atoms with Crippen molar-refractivity contribution in [1.29, 1.82) is 0 Å². The Hall–Kier alpha value is -0.880. The molecule has 1 rings (SSSR count). The molecule has 1 N–H and O–H groups in total. The first kappa shape index (κ1) is 15.2. The Balaban J connectivity index is 2.89. The normalized spacial score (nSPS) is 13.2. The van der Waals surface area contributed by atoms with Gasteiger partial charge in [-0.05, 0) is 38.8 Å². The minimum Gasteiger partial charge on any atom is -0.322 e. The summed E-state index contributed by atoms with van der Waals surface area (Å²) in [6.07, 6.45) is 1.11. The molecule has 1 unspecified atom stereocenters. The van der Waals surface area contributed by atoms with Crippen LogP contribution in [0.2, 0.25) is 0 Å². The molecule has 0 fully saturated rings. The van der Waals surface area contributed by atoms with Crippen molar-refractivity contribution < 1.29 is 4.79 Å². The minimum atomic E-state index is -1.15. The van der Waals surface area contributed by atoms with Crippen LogP contribution in [0.1, 0.15) is 25.0 Å². The third kappa shape index (κ3) is 3.32. The quantitative estimate of drug-likeness (QED) is 0.822. The highest BCUT2D eigenvalue weighted by molar-refractivity contribution is 7.75. The van der Waals surface area contributed by atoms with Crippen LogP contribution in [-0.2, 0) is 4.79 Å². The molecule has 0 bridgehead atoms. The summed E-state index contributed by atoms with van der Waals surface area (Å²) < 4.78 is 0. The van der Waals surface area contributed by atoms with Gasteiger partial charge in [0.2, 0.25) is 0 Å². The van der Waals surface area contributed by atoms with Gasteiger partial charge in [-0.1, -0.05) is 18.2 Å². The lowest BCUT2D eigenvalue weighted by Crippen LogP contribution is -2.28. The SMILES string of the molecule is CC[P+](C)(C)C(C)C(=O)Nc1c(C)cccc1C. The minimum absolute atomic E-state index is 0.113. The molecule has 0 heterocycles. The van der Waals surface area contributed by atoms with Crippen molar-refractivity contribution in [3.8, 4) is 0 Å². The molecule has 0 aromatic heterocycles. The van der Waals surface area contributed by atoms with Crippen LogP contribution in [0, 0.1) is 13.8 Å². The number of carbonyl (C=O) groups is 1. The van der Waals surface area contributed by atoms with E-state index in [4.69, 9.17) is 0 Å². The molecule has 1 atom stereocenters. The number of hydrogen-bond acceptors (Lipinski definition) is 1.